The summed E-state index contributed by atoms with van der Waals surface area (Å²) in [5.41, 5.74) is 6.43. The molecule has 1 aromatic heterocycles. The predicted octanol–water partition coefficient (Wildman–Crippen LogP) is 1.40. The lowest BCUT2D eigenvalue weighted by atomic mass is 10.0. The summed E-state index contributed by atoms with van der Waals surface area (Å²) in [6.45, 7) is 9.63. The van der Waals surface area contributed by atoms with Crippen molar-refractivity contribution in [2.45, 2.75) is 27.7 Å². The van der Waals surface area contributed by atoms with Crippen LogP contribution in [0.1, 0.15) is 38.2 Å². The first-order valence-electron chi connectivity index (χ1n) is 5.86. The molecule has 1 heterocycles. The summed E-state index contributed by atoms with van der Waals surface area (Å²) in [4.78, 5) is 11.8. The van der Waals surface area contributed by atoms with Gasteiger partial charge in [-0.05, 0) is 16.7 Å². The average molecular weight is 236 g/mol. The standard InChI is InChI=1S/C12H20N4O/c1-11(2)8(12(11,3)4)6-14-10(17)7-5-9(13)16-15-7/h5,8H,6H2,1-4H3,(H,14,17)(H3,13,15,16). The van der Waals surface area contributed by atoms with Crippen LogP contribution in [0.15, 0.2) is 6.07 Å². The molecule has 0 unspecified atom stereocenters. The molecule has 0 radical (unpaired) electrons. The highest BCUT2D eigenvalue weighted by Crippen LogP contribution is 2.67. The van der Waals surface area contributed by atoms with E-state index in [4.69, 9.17) is 5.73 Å². The minimum atomic E-state index is -0.146. The monoisotopic (exact) mass is 236 g/mol. The highest BCUT2D eigenvalue weighted by atomic mass is 16.1. The van der Waals surface area contributed by atoms with E-state index < -0.39 is 0 Å². The number of aromatic amines is 1. The maximum Gasteiger partial charge on any atom is 0.269 e. The second kappa shape index (κ2) is 3.48. The van der Waals surface area contributed by atoms with E-state index in [0.717, 1.165) is 0 Å². The van der Waals surface area contributed by atoms with Crippen LogP contribution >= 0.6 is 0 Å². The quantitative estimate of drug-likeness (QED) is 0.741. The Bertz CT molecular complexity index is 433. The third kappa shape index (κ3) is 1.79. The third-order valence-corrected chi connectivity index (χ3v) is 4.63. The first-order valence-corrected chi connectivity index (χ1v) is 5.86. The van der Waals surface area contributed by atoms with Gasteiger partial charge in [0.15, 0.2) is 0 Å². The highest BCUT2D eigenvalue weighted by molar-refractivity contribution is 5.92. The molecular formula is C12H20N4O. The number of nitrogens with two attached hydrogens (primary N) is 1. The second-order valence-corrected chi connectivity index (χ2v) is 5.91. The summed E-state index contributed by atoms with van der Waals surface area (Å²) in [6, 6.07) is 1.54. The molecule has 0 aromatic carbocycles. The van der Waals surface area contributed by atoms with Crippen molar-refractivity contribution in [2.75, 3.05) is 12.3 Å². The van der Waals surface area contributed by atoms with Gasteiger partial charge < -0.3 is 11.1 Å². The largest absolute Gasteiger partial charge is 0.382 e. The number of hydrogen-bond donors (Lipinski definition) is 3. The number of carbonyl (C=O) groups excluding carboxylic acids is 1. The SMILES string of the molecule is CC1(C)C(CNC(=O)c2cc(N)n[nH]2)C1(C)C. The molecule has 17 heavy (non-hydrogen) atoms. The first kappa shape index (κ1) is 12.0. The summed E-state index contributed by atoms with van der Waals surface area (Å²) >= 11 is 0. The molecule has 5 nitrogen and oxygen atoms in total. The highest BCUT2D eigenvalue weighted by Gasteiger charge is 2.64. The maximum absolute atomic E-state index is 11.8. The van der Waals surface area contributed by atoms with Gasteiger partial charge in [-0.3, -0.25) is 9.89 Å². The van der Waals surface area contributed by atoms with E-state index >= 15 is 0 Å². The van der Waals surface area contributed by atoms with Gasteiger partial charge in [-0.2, -0.15) is 5.10 Å². The maximum atomic E-state index is 11.8. The topological polar surface area (TPSA) is 83.8 Å². The molecule has 5 heteroatoms. The number of nitrogen functional groups attached to an aromatic ring is 1. The normalized spacial score (nSPS) is 21.2. The van der Waals surface area contributed by atoms with Crippen molar-refractivity contribution in [2.24, 2.45) is 16.7 Å². The van der Waals surface area contributed by atoms with Gasteiger partial charge in [-0.1, -0.05) is 27.7 Å². The number of hydrogen-bond acceptors (Lipinski definition) is 3. The van der Waals surface area contributed by atoms with Crippen molar-refractivity contribution in [1.29, 1.82) is 0 Å². The van der Waals surface area contributed by atoms with Crippen LogP contribution in [0.2, 0.25) is 0 Å². The Morgan fingerprint density at radius 1 is 1.47 bits per heavy atom. The van der Waals surface area contributed by atoms with E-state index in [2.05, 4.69) is 43.2 Å². The minimum absolute atomic E-state index is 0.146. The van der Waals surface area contributed by atoms with E-state index in [1.54, 1.807) is 6.07 Å². The molecule has 1 saturated carbocycles. The zero-order chi connectivity index (χ0) is 12.8. The molecule has 1 aromatic rings. The Hall–Kier alpha value is -1.52. The van der Waals surface area contributed by atoms with Gasteiger partial charge in [0.1, 0.15) is 11.5 Å². The Morgan fingerprint density at radius 3 is 2.47 bits per heavy atom. The van der Waals surface area contributed by atoms with E-state index in [0.29, 0.717) is 24.0 Å². The van der Waals surface area contributed by atoms with Crippen LogP contribution in [0, 0.1) is 16.7 Å². The summed E-state index contributed by atoms with van der Waals surface area (Å²) in [7, 11) is 0. The Kier molecular flexibility index (Phi) is 2.45. The van der Waals surface area contributed by atoms with Crippen molar-refractivity contribution in [1.82, 2.24) is 15.5 Å². The number of nitrogens with zero attached hydrogens (tertiary/aromatic N) is 1. The Labute approximate surface area is 101 Å². The van der Waals surface area contributed by atoms with Crippen molar-refractivity contribution in [3.8, 4) is 0 Å². The van der Waals surface area contributed by atoms with Gasteiger partial charge in [0.2, 0.25) is 0 Å². The molecule has 94 valence electrons. The molecule has 4 N–H and O–H groups in total. The van der Waals surface area contributed by atoms with Crippen LogP contribution in [0.5, 0.6) is 0 Å². The molecule has 0 saturated heterocycles. The van der Waals surface area contributed by atoms with Crippen LogP contribution in [0.25, 0.3) is 0 Å². The predicted molar refractivity (Wildman–Crippen MR) is 66.4 cm³/mol. The number of nitrogens with one attached hydrogen (secondary N) is 2. The lowest BCUT2D eigenvalue weighted by Crippen LogP contribution is -2.27. The molecule has 0 bridgehead atoms. The summed E-state index contributed by atoms with van der Waals surface area (Å²) in [5.74, 6) is 0.703. The van der Waals surface area contributed by atoms with Gasteiger partial charge in [-0.15, -0.1) is 0 Å². The van der Waals surface area contributed by atoms with E-state index in [9.17, 15) is 4.79 Å². The fraction of sp³-hybridized carbons (Fsp3) is 0.667. The molecule has 2 rings (SSSR count). The van der Waals surface area contributed by atoms with E-state index in [1.807, 2.05) is 0 Å². The number of anilines is 1. The summed E-state index contributed by atoms with van der Waals surface area (Å²) in [6.07, 6.45) is 0. The smallest absolute Gasteiger partial charge is 0.269 e. The van der Waals surface area contributed by atoms with Gasteiger partial charge in [0, 0.05) is 12.6 Å². The summed E-state index contributed by atoms with van der Waals surface area (Å²) < 4.78 is 0. The van der Waals surface area contributed by atoms with Crippen molar-refractivity contribution < 1.29 is 4.79 Å². The number of carbonyl (C=O) groups is 1. The molecule has 1 amide bonds. The Morgan fingerprint density at radius 2 is 2.06 bits per heavy atom. The number of aromatic nitrogens is 2. The van der Waals surface area contributed by atoms with Crippen LogP contribution in [-0.4, -0.2) is 22.6 Å². The first-order chi connectivity index (χ1) is 7.76. The van der Waals surface area contributed by atoms with Crippen LogP contribution in [-0.2, 0) is 0 Å². The molecule has 1 fully saturated rings. The fourth-order valence-electron chi connectivity index (χ4n) is 2.59. The number of amides is 1. The van der Waals surface area contributed by atoms with Gasteiger partial charge >= 0.3 is 0 Å². The molecule has 1 aliphatic carbocycles. The van der Waals surface area contributed by atoms with Crippen molar-refractivity contribution in [3.05, 3.63) is 11.8 Å². The number of rotatable bonds is 3. The van der Waals surface area contributed by atoms with Crippen molar-refractivity contribution in [3.63, 3.8) is 0 Å². The van der Waals surface area contributed by atoms with E-state index in [1.165, 1.54) is 0 Å². The average Bonchev–Trinajstić information content (AvgIpc) is 2.55. The molecule has 0 aliphatic heterocycles. The third-order valence-electron chi connectivity index (χ3n) is 4.63. The van der Waals surface area contributed by atoms with Crippen LogP contribution < -0.4 is 11.1 Å². The zero-order valence-electron chi connectivity index (χ0n) is 10.8. The van der Waals surface area contributed by atoms with Crippen LogP contribution in [0.4, 0.5) is 5.82 Å². The fourth-order valence-corrected chi connectivity index (χ4v) is 2.59. The zero-order valence-corrected chi connectivity index (χ0v) is 10.8. The molecule has 1 aliphatic rings. The van der Waals surface area contributed by atoms with E-state index in [-0.39, 0.29) is 16.7 Å². The van der Waals surface area contributed by atoms with Crippen molar-refractivity contribution >= 4 is 11.7 Å². The summed E-state index contributed by atoms with van der Waals surface area (Å²) in [5, 5.41) is 9.25. The lowest BCUT2D eigenvalue weighted by molar-refractivity contribution is 0.0945. The molecule has 0 spiro atoms. The molecule has 0 atom stereocenters. The van der Waals surface area contributed by atoms with Crippen LogP contribution in [0.3, 0.4) is 0 Å². The molecular weight excluding hydrogens is 216 g/mol. The van der Waals surface area contributed by atoms with Gasteiger partial charge in [-0.25, -0.2) is 0 Å². The van der Waals surface area contributed by atoms with Gasteiger partial charge in [0.05, 0.1) is 0 Å². The Balaban J connectivity index is 1.91. The van der Waals surface area contributed by atoms with Gasteiger partial charge in [0.25, 0.3) is 5.91 Å². The minimum Gasteiger partial charge on any atom is -0.382 e. The number of H-pyrrole nitrogens is 1. The lowest BCUT2D eigenvalue weighted by Gasteiger charge is -2.04. The second-order valence-electron chi connectivity index (χ2n) is 5.91.